The molecule has 0 bridgehead atoms. The van der Waals surface area contributed by atoms with E-state index in [2.05, 4.69) is 0 Å². The normalized spacial score (nSPS) is 11.1. The zero-order valence-electron chi connectivity index (χ0n) is 15.2. The summed E-state index contributed by atoms with van der Waals surface area (Å²) in [6.45, 7) is 0. The van der Waals surface area contributed by atoms with Crippen LogP contribution in [0.1, 0.15) is 0 Å². The van der Waals surface area contributed by atoms with E-state index in [1.807, 2.05) is 5.71 Å². The molecule has 0 atom stereocenters. The summed E-state index contributed by atoms with van der Waals surface area (Å²) in [5.41, 5.74) is 1.58. The van der Waals surface area contributed by atoms with Gasteiger partial charge in [0.1, 0.15) is 0 Å². The molecule has 0 aliphatic heterocycles. The second-order valence-corrected chi connectivity index (χ2v) is 13.8. The number of rotatable bonds is 6. The third-order valence-electron chi connectivity index (χ3n) is 4.67. The first-order valence-electron chi connectivity index (χ1n) is 8.35. The Balaban J connectivity index is 2.32. The summed E-state index contributed by atoms with van der Waals surface area (Å²) in [5, 5.41) is 33.9. The van der Waals surface area contributed by atoms with Crippen molar-refractivity contribution in [3.8, 4) is 0 Å². The summed E-state index contributed by atoms with van der Waals surface area (Å²) in [5.74, 6) is 0. The predicted octanol–water partition coefficient (Wildman–Crippen LogP) is 2.51. The van der Waals surface area contributed by atoms with Crippen molar-refractivity contribution in [1.82, 2.24) is 0 Å². The van der Waals surface area contributed by atoms with Gasteiger partial charge in [0, 0.05) is 0 Å². The number of hydrogen-bond donors (Lipinski definition) is 0. The first-order valence-corrected chi connectivity index (χ1v) is 13.0. The van der Waals surface area contributed by atoms with Gasteiger partial charge in [-0.1, -0.05) is 0 Å². The summed E-state index contributed by atoms with van der Waals surface area (Å²) >= 11 is -3.48. The van der Waals surface area contributed by atoms with Crippen LogP contribution in [-0.2, 0) is 0 Å². The molecular weight excluding hydrogens is 441 g/mol. The van der Waals surface area contributed by atoms with Crippen LogP contribution in [0.15, 0.2) is 72.8 Å². The van der Waals surface area contributed by atoms with E-state index in [9.17, 15) is 30.3 Å². The van der Waals surface area contributed by atoms with Crippen LogP contribution in [0.5, 0.6) is 0 Å². The fourth-order valence-electron chi connectivity index (χ4n) is 3.10. The van der Waals surface area contributed by atoms with Gasteiger partial charge in [0.25, 0.3) is 0 Å². The second-order valence-electron chi connectivity index (χ2n) is 6.34. The Kier molecular flexibility index (Phi) is 5.43. The summed E-state index contributed by atoms with van der Waals surface area (Å²) in [6.07, 6.45) is 0. The number of nitro groups is 3. The first kappa shape index (κ1) is 20.2. The molecule has 9 nitrogen and oxygen atoms in total. The molecule has 0 amide bonds. The number of nitro benzene ring substituents is 3. The molecular formula is C19H15AsN3O6+. The van der Waals surface area contributed by atoms with Gasteiger partial charge in [-0.05, 0) is 0 Å². The Labute approximate surface area is 167 Å². The Morgan fingerprint density at radius 1 is 0.586 bits per heavy atom. The van der Waals surface area contributed by atoms with Crippen LogP contribution in [0, 0.1) is 30.3 Å². The molecule has 10 heteroatoms. The average molecular weight is 456 g/mol. The van der Waals surface area contributed by atoms with Crippen molar-refractivity contribution in [2.24, 2.45) is 0 Å². The minimum atomic E-state index is -3.48. The van der Waals surface area contributed by atoms with E-state index < -0.39 is 28.3 Å². The van der Waals surface area contributed by atoms with E-state index in [0.29, 0.717) is 13.1 Å². The molecule has 0 heterocycles. The Hall–Kier alpha value is -3.58. The summed E-state index contributed by atoms with van der Waals surface area (Å²) in [4.78, 5) is 32.3. The third kappa shape index (κ3) is 3.86. The van der Waals surface area contributed by atoms with E-state index in [4.69, 9.17) is 0 Å². The van der Waals surface area contributed by atoms with Crippen molar-refractivity contribution in [1.29, 1.82) is 0 Å². The van der Waals surface area contributed by atoms with E-state index in [1.54, 1.807) is 36.4 Å². The molecule has 0 fully saturated rings. The molecule has 0 aliphatic rings. The Morgan fingerprint density at radius 2 is 0.862 bits per heavy atom. The molecule has 0 aromatic heterocycles. The van der Waals surface area contributed by atoms with Crippen LogP contribution in [0.3, 0.4) is 0 Å². The zero-order chi connectivity index (χ0) is 21.2. The average Bonchev–Trinajstić information content (AvgIpc) is 2.73. The Morgan fingerprint density at radius 3 is 1.10 bits per heavy atom. The van der Waals surface area contributed by atoms with Crippen LogP contribution in [0.2, 0.25) is 5.71 Å². The molecule has 146 valence electrons. The van der Waals surface area contributed by atoms with E-state index >= 15 is 0 Å². The zero-order valence-corrected chi connectivity index (χ0v) is 17.0. The quantitative estimate of drug-likeness (QED) is 0.318. The number of hydrogen-bond acceptors (Lipinski definition) is 6. The van der Waals surface area contributed by atoms with Gasteiger partial charge >= 0.3 is 167 Å². The van der Waals surface area contributed by atoms with Crippen LogP contribution in [0.25, 0.3) is 0 Å². The van der Waals surface area contributed by atoms with Crippen LogP contribution >= 0.6 is 0 Å². The monoisotopic (exact) mass is 456 g/mol. The fraction of sp³-hybridized carbons (Fsp3) is 0.0526. The number of nitrogens with zero attached hydrogens (tertiary/aromatic N) is 3. The van der Waals surface area contributed by atoms with E-state index in [0.717, 1.165) is 0 Å². The van der Waals surface area contributed by atoms with E-state index in [-0.39, 0.29) is 17.1 Å². The molecule has 29 heavy (non-hydrogen) atoms. The minimum absolute atomic E-state index is 0.106. The topological polar surface area (TPSA) is 129 Å². The van der Waals surface area contributed by atoms with Crippen molar-refractivity contribution in [2.75, 3.05) is 0 Å². The van der Waals surface area contributed by atoms with Gasteiger partial charge in [0.05, 0.1) is 0 Å². The standard InChI is InChI=1S/C19H15AsN3O6/c1-20(14-5-2-8-17(11-14)21(24)25,15-6-3-9-18(12-15)22(26)27)16-7-4-10-19(13-16)23(28)29/h2-13H,1H3/q+1. The van der Waals surface area contributed by atoms with Crippen LogP contribution in [-0.4, -0.2) is 28.3 Å². The van der Waals surface area contributed by atoms with Crippen molar-refractivity contribution in [3.63, 3.8) is 0 Å². The first-order chi connectivity index (χ1) is 13.7. The summed E-state index contributed by atoms with van der Waals surface area (Å²) in [7, 11) is 0. The van der Waals surface area contributed by atoms with Gasteiger partial charge in [-0.3, -0.25) is 0 Å². The van der Waals surface area contributed by atoms with Crippen molar-refractivity contribution in [3.05, 3.63) is 103 Å². The van der Waals surface area contributed by atoms with Gasteiger partial charge in [0.15, 0.2) is 0 Å². The molecule has 3 rings (SSSR count). The maximum atomic E-state index is 11.3. The van der Waals surface area contributed by atoms with E-state index in [1.165, 1.54) is 36.4 Å². The van der Waals surface area contributed by atoms with Crippen molar-refractivity contribution in [2.45, 2.75) is 5.71 Å². The van der Waals surface area contributed by atoms with Crippen LogP contribution in [0.4, 0.5) is 17.1 Å². The fourth-order valence-corrected chi connectivity index (χ4v) is 9.85. The summed E-state index contributed by atoms with van der Waals surface area (Å²) < 4.78 is 1.95. The molecule has 0 aliphatic carbocycles. The van der Waals surface area contributed by atoms with Crippen molar-refractivity contribution >= 4 is 43.7 Å². The van der Waals surface area contributed by atoms with Crippen molar-refractivity contribution < 1.29 is 14.8 Å². The SMILES string of the molecule is C[As+](c1cccc([N+](=O)[O-])c1)(c1cccc([N+](=O)[O-])c1)c1cccc([N+](=O)[O-])c1. The van der Waals surface area contributed by atoms with Gasteiger partial charge in [-0.2, -0.15) is 0 Å². The van der Waals surface area contributed by atoms with Gasteiger partial charge < -0.3 is 0 Å². The number of benzene rings is 3. The van der Waals surface area contributed by atoms with Crippen LogP contribution < -0.4 is 13.1 Å². The molecule has 0 radical (unpaired) electrons. The molecule has 0 spiro atoms. The van der Waals surface area contributed by atoms with Gasteiger partial charge in [-0.25, -0.2) is 0 Å². The molecule has 3 aromatic carbocycles. The third-order valence-corrected chi connectivity index (χ3v) is 12.9. The molecule has 0 N–H and O–H groups in total. The van der Waals surface area contributed by atoms with Gasteiger partial charge in [0.2, 0.25) is 0 Å². The number of non-ortho nitro benzene ring substituents is 3. The molecule has 0 saturated carbocycles. The second kappa shape index (κ2) is 7.81. The molecule has 0 unspecified atom stereocenters. The Bertz CT molecular complexity index is 995. The predicted molar refractivity (Wildman–Crippen MR) is 110 cm³/mol. The molecule has 3 aromatic rings. The molecule has 0 saturated heterocycles. The summed E-state index contributed by atoms with van der Waals surface area (Å²) in [6, 6.07) is 18.3. The maximum absolute atomic E-state index is 11.3. The van der Waals surface area contributed by atoms with Gasteiger partial charge in [-0.15, -0.1) is 0 Å².